The summed E-state index contributed by atoms with van der Waals surface area (Å²) in [6.45, 7) is 15.0. The molecule has 0 saturated heterocycles. The molecule has 0 aliphatic rings. The molecule has 0 bridgehead atoms. The average molecular weight is 320 g/mol. The molecule has 0 atom stereocenters. The predicted molar refractivity (Wildman–Crippen MR) is 98.3 cm³/mol. The smallest absolute Gasteiger partial charge is 0.187 e. The predicted octanol–water partition coefficient (Wildman–Crippen LogP) is 5.11. The maximum atomic E-state index is 12.4. The van der Waals surface area contributed by atoms with Crippen molar-refractivity contribution in [3.63, 3.8) is 0 Å². The summed E-state index contributed by atoms with van der Waals surface area (Å²) < 4.78 is 0. The Morgan fingerprint density at radius 2 is 1.67 bits per heavy atom. The third kappa shape index (κ3) is 5.04. The largest absolute Gasteiger partial charge is 0.294 e. The lowest BCUT2D eigenvalue weighted by Gasteiger charge is -2.35. The lowest BCUT2D eigenvalue weighted by atomic mass is 10.0. The van der Waals surface area contributed by atoms with Gasteiger partial charge in [-0.1, -0.05) is 54.6 Å². The van der Waals surface area contributed by atoms with Crippen LogP contribution in [0.25, 0.3) is 4.85 Å². The van der Waals surface area contributed by atoms with E-state index in [2.05, 4.69) is 42.6 Å². The van der Waals surface area contributed by atoms with Crippen LogP contribution in [0.15, 0.2) is 54.6 Å². The highest BCUT2D eigenvalue weighted by atomic mass is 16.1. The molecule has 2 rings (SSSR count). The van der Waals surface area contributed by atoms with Crippen LogP contribution in [0.2, 0.25) is 0 Å². The number of hydrogen-bond donors (Lipinski definition) is 0. The van der Waals surface area contributed by atoms with Crippen molar-refractivity contribution < 1.29 is 4.79 Å². The van der Waals surface area contributed by atoms with E-state index >= 15 is 0 Å². The lowest BCUT2D eigenvalue weighted by molar-refractivity contribution is 0.0896. The highest BCUT2D eigenvalue weighted by Crippen LogP contribution is 2.19. The number of carbonyl (C=O) groups is 1. The molecular weight excluding hydrogens is 296 g/mol. The number of hydrogen-bond acceptors (Lipinski definition) is 2. The van der Waals surface area contributed by atoms with Crippen LogP contribution in [0, 0.1) is 6.57 Å². The van der Waals surface area contributed by atoms with Crippen molar-refractivity contribution >= 4 is 11.5 Å². The Bertz CT molecular complexity index is 706. The normalized spacial score (nSPS) is 11.3. The van der Waals surface area contributed by atoms with Crippen LogP contribution in [0.5, 0.6) is 0 Å². The van der Waals surface area contributed by atoms with Gasteiger partial charge in [-0.05, 0) is 26.3 Å². The molecule has 24 heavy (non-hydrogen) atoms. The number of benzene rings is 2. The van der Waals surface area contributed by atoms with E-state index in [1.165, 1.54) is 5.56 Å². The van der Waals surface area contributed by atoms with Crippen molar-refractivity contribution in [3.8, 4) is 0 Å². The second kappa shape index (κ2) is 7.90. The zero-order valence-corrected chi connectivity index (χ0v) is 14.6. The number of ketones is 1. The third-order valence-electron chi connectivity index (χ3n) is 4.09. The van der Waals surface area contributed by atoms with E-state index in [0.29, 0.717) is 24.2 Å². The molecule has 0 aliphatic heterocycles. The molecule has 0 N–H and O–H groups in total. The summed E-state index contributed by atoms with van der Waals surface area (Å²) >= 11 is 0. The van der Waals surface area contributed by atoms with Crippen LogP contribution < -0.4 is 0 Å². The van der Waals surface area contributed by atoms with Crippen LogP contribution >= 0.6 is 0 Å². The first kappa shape index (κ1) is 17.9. The minimum Gasteiger partial charge on any atom is -0.294 e. The zero-order valence-electron chi connectivity index (χ0n) is 14.6. The second-order valence-electron chi connectivity index (χ2n) is 6.91. The minimum atomic E-state index is -0.00984. The molecule has 0 aromatic heterocycles. The van der Waals surface area contributed by atoms with E-state index in [-0.39, 0.29) is 11.3 Å². The van der Waals surface area contributed by atoms with E-state index in [1.54, 1.807) is 24.3 Å². The molecule has 0 unspecified atom stereocenters. The second-order valence-corrected chi connectivity index (χ2v) is 6.91. The molecule has 2 aromatic carbocycles. The average Bonchev–Trinajstić information content (AvgIpc) is 2.58. The summed E-state index contributed by atoms with van der Waals surface area (Å²) in [4.78, 5) is 18.1. The highest BCUT2D eigenvalue weighted by molar-refractivity contribution is 5.96. The maximum absolute atomic E-state index is 12.4. The number of nitrogens with zero attached hydrogens (tertiary/aromatic N) is 2. The quantitative estimate of drug-likeness (QED) is 0.545. The number of rotatable bonds is 6. The molecule has 3 nitrogen and oxygen atoms in total. The van der Waals surface area contributed by atoms with Crippen LogP contribution in [0.1, 0.15) is 43.1 Å². The Kier molecular flexibility index (Phi) is 5.89. The van der Waals surface area contributed by atoms with Crippen LogP contribution in [0.3, 0.4) is 0 Å². The molecular formula is C21H24N2O. The van der Waals surface area contributed by atoms with Crippen molar-refractivity contribution in [2.45, 2.75) is 39.3 Å². The molecule has 0 saturated carbocycles. The fourth-order valence-corrected chi connectivity index (χ4v) is 2.56. The molecule has 0 amide bonds. The van der Waals surface area contributed by atoms with Crippen molar-refractivity contribution in [2.75, 3.05) is 6.54 Å². The first-order chi connectivity index (χ1) is 11.4. The zero-order chi connectivity index (χ0) is 17.6. The Morgan fingerprint density at radius 1 is 1.04 bits per heavy atom. The molecule has 124 valence electrons. The van der Waals surface area contributed by atoms with Gasteiger partial charge in [0.25, 0.3) is 0 Å². The Balaban J connectivity index is 2.01. The Labute approximate surface area is 144 Å². The summed E-state index contributed by atoms with van der Waals surface area (Å²) in [5.74, 6) is 0.119. The molecule has 0 fully saturated rings. The summed E-state index contributed by atoms with van der Waals surface area (Å²) in [6.07, 6.45) is 0.474. The molecule has 0 spiro atoms. The number of carbonyl (C=O) groups excluding carboxylic acids is 1. The molecule has 2 aromatic rings. The molecule has 0 radical (unpaired) electrons. The Hall–Kier alpha value is -2.44. The summed E-state index contributed by atoms with van der Waals surface area (Å²) in [6, 6.07) is 17.2. The van der Waals surface area contributed by atoms with E-state index < -0.39 is 0 Å². The fraction of sp³-hybridized carbons (Fsp3) is 0.333. The van der Waals surface area contributed by atoms with Crippen LogP contribution in [0.4, 0.5) is 5.69 Å². The number of Topliss-reactive ketones (excluding diaryl/α,β-unsaturated/α-hetero) is 1. The summed E-state index contributed by atoms with van der Waals surface area (Å²) in [5.41, 5.74) is 2.48. The SMILES string of the molecule is [C-]#[N+]c1ccc(C(=O)CCN(Cc2ccccc2)C(C)(C)C)cc1. The van der Waals surface area contributed by atoms with Gasteiger partial charge in [0.05, 0.1) is 6.57 Å². The van der Waals surface area contributed by atoms with E-state index in [4.69, 9.17) is 6.57 Å². The van der Waals surface area contributed by atoms with Gasteiger partial charge in [0, 0.05) is 30.6 Å². The lowest BCUT2D eigenvalue weighted by Crippen LogP contribution is -2.42. The van der Waals surface area contributed by atoms with E-state index in [0.717, 1.165) is 6.54 Å². The van der Waals surface area contributed by atoms with Crippen molar-refractivity contribution in [1.82, 2.24) is 4.90 Å². The Morgan fingerprint density at radius 3 is 2.21 bits per heavy atom. The van der Waals surface area contributed by atoms with Gasteiger partial charge in [-0.25, -0.2) is 4.85 Å². The van der Waals surface area contributed by atoms with Gasteiger partial charge in [-0.15, -0.1) is 0 Å². The fourth-order valence-electron chi connectivity index (χ4n) is 2.56. The molecule has 0 heterocycles. The third-order valence-corrected chi connectivity index (χ3v) is 4.09. The van der Waals surface area contributed by atoms with Gasteiger partial charge in [-0.2, -0.15) is 0 Å². The van der Waals surface area contributed by atoms with Crippen molar-refractivity contribution in [1.29, 1.82) is 0 Å². The van der Waals surface area contributed by atoms with Crippen molar-refractivity contribution in [3.05, 3.63) is 77.1 Å². The van der Waals surface area contributed by atoms with Gasteiger partial charge in [-0.3, -0.25) is 9.69 Å². The topological polar surface area (TPSA) is 24.7 Å². The van der Waals surface area contributed by atoms with Crippen molar-refractivity contribution in [2.24, 2.45) is 0 Å². The van der Waals surface area contributed by atoms with E-state index in [1.807, 2.05) is 18.2 Å². The van der Waals surface area contributed by atoms with E-state index in [9.17, 15) is 4.79 Å². The summed E-state index contributed by atoms with van der Waals surface area (Å²) in [5, 5.41) is 0. The summed E-state index contributed by atoms with van der Waals surface area (Å²) in [7, 11) is 0. The van der Waals surface area contributed by atoms with Gasteiger partial charge in [0.15, 0.2) is 11.5 Å². The molecule has 3 heteroatoms. The maximum Gasteiger partial charge on any atom is 0.187 e. The van der Waals surface area contributed by atoms with Gasteiger partial charge in [0.1, 0.15) is 0 Å². The first-order valence-electron chi connectivity index (χ1n) is 8.20. The van der Waals surface area contributed by atoms with Gasteiger partial charge >= 0.3 is 0 Å². The molecule has 0 aliphatic carbocycles. The van der Waals surface area contributed by atoms with Gasteiger partial charge in [0.2, 0.25) is 0 Å². The monoisotopic (exact) mass is 320 g/mol. The van der Waals surface area contributed by atoms with Crippen LogP contribution in [-0.4, -0.2) is 22.8 Å². The van der Waals surface area contributed by atoms with Crippen LogP contribution in [-0.2, 0) is 6.54 Å². The highest BCUT2D eigenvalue weighted by Gasteiger charge is 2.22. The standard InChI is InChI=1S/C21H24N2O/c1-21(2,3)23(16-17-8-6-5-7-9-17)15-14-20(24)18-10-12-19(22-4)13-11-18/h5-13H,14-16H2,1-3H3. The van der Waals surface area contributed by atoms with Gasteiger partial charge < -0.3 is 0 Å². The minimum absolute atomic E-state index is 0.00984. The first-order valence-corrected chi connectivity index (χ1v) is 8.20.